The van der Waals surface area contributed by atoms with Crippen molar-refractivity contribution in [3.8, 4) is 0 Å². The van der Waals surface area contributed by atoms with Crippen LogP contribution in [0.5, 0.6) is 0 Å². The Labute approximate surface area is 145 Å². The number of nitrogens with zero attached hydrogens (tertiary/aromatic N) is 4. The summed E-state index contributed by atoms with van der Waals surface area (Å²) in [7, 11) is 5.89. The van der Waals surface area contributed by atoms with Gasteiger partial charge in [-0.2, -0.15) is 5.10 Å². The molecular formula is C18H32N4O2. The average molecular weight is 336 g/mol. The minimum atomic E-state index is -0.672. The fourth-order valence-electron chi connectivity index (χ4n) is 3.74. The lowest BCUT2D eigenvalue weighted by Crippen LogP contribution is -2.41. The molecular weight excluding hydrogens is 304 g/mol. The Morgan fingerprint density at radius 3 is 2.58 bits per heavy atom. The second kappa shape index (κ2) is 7.66. The second-order valence-electron chi connectivity index (χ2n) is 7.47. The molecule has 2 heterocycles. The summed E-state index contributed by atoms with van der Waals surface area (Å²) in [5.74, 6) is 0.187. The Morgan fingerprint density at radius 1 is 1.29 bits per heavy atom. The summed E-state index contributed by atoms with van der Waals surface area (Å²) >= 11 is 0. The van der Waals surface area contributed by atoms with Crippen molar-refractivity contribution >= 4 is 5.91 Å². The van der Waals surface area contributed by atoms with E-state index in [4.69, 9.17) is 0 Å². The smallest absolute Gasteiger partial charge is 0.222 e. The average Bonchev–Trinajstić information content (AvgIpc) is 2.64. The molecule has 0 aromatic carbocycles. The summed E-state index contributed by atoms with van der Waals surface area (Å²) in [5, 5.41) is 15.1. The number of rotatable bonds is 5. The zero-order valence-corrected chi connectivity index (χ0v) is 15.8. The van der Waals surface area contributed by atoms with Crippen LogP contribution in [-0.2, 0) is 18.3 Å². The maximum atomic E-state index is 12.6. The molecule has 1 N–H and O–H groups in total. The van der Waals surface area contributed by atoms with Crippen molar-refractivity contribution < 1.29 is 9.90 Å². The van der Waals surface area contributed by atoms with Crippen LogP contribution >= 0.6 is 0 Å². The molecule has 0 saturated carbocycles. The number of hydrogen-bond donors (Lipinski definition) is 1. The van der Waals surface area contributed by atoms with Gasteiger partial charge in [0, 0.05) is 38.8 Å². The third kappa shape index (κ3) is 4.57. The number of carbonyl (C=O) groups is 1. The minimum Gasteiger partial charge on any atom is -0.388 e. The first-order valence-electron chi connectivity index (χ1n) is 8.86. The van der Waals surface area contributed by atoms with Gasteiger partial charge in [0.1, 0.15) is 0 Å². The first-order valence-corrected chi connectivity index (χ1v) is 8.86. The van der Waals surface area contributed by atoms with Gasteiger partial charge in [-0.05, 0) is 59.2 Å². The minimum absolute atomic E-state index is 0.187. The van der Waals surface area contributed by atoms with Crippen molar-refractivity contribution in [3.63, 3.8) is 0 Å². The normalized spacial score (nSPS) is 22.0. The molecule has 2 rings (SSSR count). The van der Waals surface area contributed by atoms with Crippen molar-refractivity contribution in [1.29, 1.82) is 0 Å². The molecule has 6 heteroatoms. The van der Waals surface area contributed by atoms with Crippen LogP contribution in [0.1, 0.15) is 42.6 Å². The van der Waals surface area contributed by atoms with Crippen molar-refractivity contribution in [2.45, 2.75) is 51.6 Å². The Balaban J connectivity index is 1.91. The van der Waals surface area contributed by atoms with Gasteiger partial charge in [0.25, 0.3) is 0 Å². The Morgan fingerprint density at radius 2 is 2.00 bits per heavy atom. The van der Waals surface area contributed by atoms with Crippen LogP contribution in [0.25, 0.3) is 0 Å². The maximum Gasteiger partial charge on any atom is 0.222 e. The van der Waals surface area contributed by atoms with Gasteiger partial charge in [-0.1, -0.05) is 0 Å². The molecule has 1 aromatic heterocycles. The van der Waals surface area contributed by atoms with Gasteiger partial charge in [-0.3, -0.25) is 9.48 Å². The number of likely N-dealkylation sites (tertiary alicyclic amines) is 1. The van der Waals surface area contributed by atoms with Crippen LogP contribution < -0.4 is 0 Å². The molecule has 6 nitrogen and oxygen atoms in total. The van der Waals surface area contributed by atoms with Crippen LogP contribution in [0.2, 0.25) is 0 Å². The maximum absolute atomic E-state index is 12.6. The van der Waals surface area contributed by atoms with Gasteiger partial charge in [0.2, 0.25) is 5.91 Å². The van der Waals surface area contributed by atoms with E-state index in [2.05, 4.69) is 5.10 Å². The predicted molar refractivity (Wildman–Crippen MR) is 94.9 cm³/mol. The summed E-state index contributed by atoms with van der Waals surface area (Å²) in [6.45, 7) is 6.10. The van der Waals surface area contributed by atoms with Crippen molar-refractivity contribution in [2.75, 3.05) is 33.7 Å². The van der Waals surface area contributed by atoms with Crippen LogP contribution in [0, 0.1) is 13.8 Å². The molecule has 1 saturated heterocycles. The Hall–Kier alpha value is -1.40. The third-order valence-corrected chi connectivity index (χ3v) is 5.13. The number of aryl methyl sites for hydroxylation is 2. The molecule has 0 bridgehead atoms. The lowest BCUT2D eigenvalue weighted by molar-refractivity contribution is -0.131. The van der Waals surface area contributed by atoms with E-state index < -0.39 is 5.60 Å². The van der Waals surface area contributed by atoms with E-state index in [0.717, 1.165) is 37.2 Å². The largest absolute Gasteiger partial charge is 0.388 e. The van der Waals surface area contributed by atoms with Crippen molar-refractivity contribution in [2.24, 2.45) is 7.05 Å². The number of aromatic nitrogens is 2. The standard InChI is InChI=1S/C18H32N4O2/c1-14-16(15(2)21(5)19-14)7-8-17(23)22-11-6-9-18(24,10-12-22)13-20(3)4/h24H,6-13H2,1-5H3/t18-/m1/s1. The van der Waals surface area contributed by atoms with E-state index in [0.29, 0.717) is 25.9 Å². The van der Waals surface area contributed by atoms with Crippen LogP contribution in [0.4, 0.5) is 0 Å². The van der Waals surface area contributed by atoms with Gasteiger partial charge in [0.15, 0.2) is 0 Å². The second-order valence-corrected chi connectivity index (χ2v) is 7.47. The van der Waals surface area contributed by atoms with E-state index >= 15 is 0 Å². The highest BCUT2D eigenvalue weighted by Gasteiger charge is 2.31. The van der Waals surface area contributed by atoms with Crippen molar-refractivity contribution in [3.05, 3.63) is 17.0 Å². The van der Waals surface area contributed by atoms with E-state index in [-0.39, 0.29) is 5.91 Å². The third-order valence-electron chi connectivity index (χ3n) is 5.13. The van der Waals surface area contributed by atoms with Crippen LogP contribution in [-0.4, -0.2) is 69.9 Å². The molecule has 0 unspecified atom stereocenters. The fraction of sp³-hybridized carbons (Fsp3) is 0.778. The van der Waals surface area contributed by atoms with Gasteiger partial charge in [-0.15, -0.1) is 0 Å². The van der Waals surface area contributed by atoms with Crippen LogP contribution in [0.15, 0.2) is 0 Å². The molecule has 1 aromatic rings. The number of hydrogen-bond acceptors (Lipinski definition) is 4. The van der Waals surface area contributed by atoms with Crippen LogP contribution in [0.3, 0.4) is 0 Å². The highest BCUT2D eigenvalue weighted by atomic mass is 16.3. The SMILES string of the molecule is Cc1nn(C)c(C)c1CCC(=O)N1CCC[C@](O)(CN(C)C)CC1. The first-order chi connectivity index (χ1) is 11.2. The molecule has 0 spiro atoms. The number of aliphatic hydroxyl groups is 1. The summed E-state index contributed by atoms with van der Waals surface area (Å²) in [6.07, 6.45) is 3.53. The molecule has 1 fully saturated rings. The molecule has 1 atom stereocenters. The molecule has 1 amide bonds. The Kier molecular flexibility index (Phi) is 6.04. The fourth-order valence-corrected chi connectivity index (χ4v) is 3.74. The van der Waals surface area contributed by atoms with Gasteiger partial charge < -0.3 is 14.9 Å². The van der Waals surface area contributed by atoms with E-state index in [1.807, 2.05) is 49.5 Å². The lowest BCUT2D eigenvalue weighted by atomic mass is 9.94. The predicted octanol–water partition coefficient (Wildman–Crippen LogP) is 1.27. The van der Waals surface area contributed by atoms with Gasteiger partial charge in [-0.25, -0.2) is 0 Å². The molecule has 1 aliphatic heterocycles. The molecule has 136 valence electrons. The van der Waals surface area contributed by atoms with E-state index in [1.165, 1.54) is 5.56 Å². The summed E-state index contributed by atoms with van der Waals surface area (Å²) in [5.41, 5.74) is 2.66. The number of amides is 1. The van der Waals surface area contributed by atoms with E-state index in [1.54, 1.807) is 0 Å². The number of carbonyl (C=O) groups excluding carboxylic acids is 1. The Bertz CT molecular complexity index is 582. The summed E-state index contributed by atoms with van der Waals surface area (Å²) in [6, 6.07) is 0. The quantitative estimate of drug-likeness (QED) is 0.880. The molecule has 1 aliphatic rings. The van der Waals surface area contributed by atoms with Gasteiger partial charge in [0.05, 0.1) is 11.3 Å². The summed E-state index contributed by atoms with van der Waals surface area (Å²) < 4.78 is 1.88. The zero-order valence-electron chi connectivity index (χ0n) is 15.8. The number of likely N-dealkylation sites (N-methyl/N-ethyl adjacent to an activating group) is 1. The van der Waals surface area contributed by atoms with E-state index in [9.17, 15) is 9.90 Å². The molecule has 0 radical (unpaired) electrons. The molecule has 24 heavy (non-hydrogen) atoms. The van der Waals surface area contributed by atoms with Crippen molar-refractivity contribution in [1.82, 2.24) is 19.6 Å². The highest BCUT2D eigenvalue weighted by Crippen LogP contribution is 2.24. The summed E-state index contributed by atoms with van der Waals surface area (Å²) in [4.78, 5) is 16.5. The topological polar surface area (TPSA) is 61.6 Å². The lowest BCUT2D eigenvalue weighted by Gasteiger charge is -2.30. The van der Waals surface area contributed by atoms with Gasteiger partial charge >= 0.3 is 0 Å². The zero-order chi connectivity index (χ0) is 17.9. The highest BCUT2D eigenvalue weighted by molar-refractivity contribution is 5.76. The monoisotopic (exact) mass is 336 g/mol. The molecule has 0 aliphatic carbocycles. The first kappa shape index (κ1) is 18.9.